The third-order valence-electron chi connectivity index (χ3n) is 3.48. The molecular weight excluding hydrogens is 337 g/mol. The summed E-state index contributed by atoms with van der Waals surface area (Å²) in [6.07, 6.45) is 1.19. The predicted octanol–water partition coefficient (Wildman–Crippen LogP) is 4.18. The zero-order valence-corrected chi connectivity index (χ0v) is 12.3. The number of rotatable bonds is 3. The van der Waals surface area contributed by atoms with Crippen LogP contribution in [0.5, 0.6) is 0 Å². The summed E-state index contributed by atoms with van der Waals surface area (Å²) in [7, 11) is 0. The van der Waals surface area contributed by atoms with Gasteiger partial charge in [0.1, 0.15) is 6.07 Å². The molecule has 25 heavy (non-hydrogen) atoms. The van der Waals surface area contributed by atoms with Crippen LogP contribution in [0.3, 0.4) is 0 Å². The van der Waals surface area contributed by atoms with Crippen molar-refractivity contribution in [3.63, 3.8) is 0 Å². The van der Waals surface area contributed by atoms with Gasteiger partial charge in [0.15, 0.2) is 17.5 Å². The molecule has 0 fully saturated rings. The largest absolute Gasteiger partial charge is 0.351 e. The molecule has 0 unspecified atom stereocenters. The summed E-state index contributed by atoms with van der Waals surface area (Å²) in [5, 5.41) is 22.8. The van der Waals surface area contributed by atoms with Crippen LogP contribution in [-0.4, -0.2) is 9.91 Å². The Kier molecular flexibility index (Phi) is 3.94. The molecule has 2 aromatic carbocycles. The molecule has 1 aromatic heterocycles. The Labute approximate surface area is 138 Å². The number of anilines is 2. The number of nitriles is 1. The highest BCUT2D eigenvalue weighted by Gasteiger charge is 2.18. The Balaban J connectivity index is 2.23. The molecule has 9 heteroatoms. The van der Waals surface area contributed by atoms with Crippen LogP contribution in [0.15, 0.2) is 36.5 Å². The summed E-state index contributed by atoms with van der Waals surface area (Å²) in [6, 6.07) is 7.24. The van der Waals surface area contributed by atoms with Gasteiger partial charge in [0, 0.05) is 23.7 Å². The summed E-state index contributed by atoms with van der Waals surface area (Å²) in [5.74, 6) is -4.51. The van der Waals surface area contributed by atoms with Crippen LogP contribution >= 0.6 is 0 Å². The number of halogens is 3. The third kappa shape index (κ3) is 2.81. The summed E-state index contributed by atoms with van der Waals surface area (Å²) < 4.78 is 40.4. The summed E-state index contributed by atoms with van der Waals surface area (Å²) >= 11 is 0. The van der Waals surface area contributed by atoms with Crippen LogP contribution in [-0.2, 0) is 0 Å². The van der Waals surface area contributed by atoms with Gasteiger partial charge in [0.05, 0.1) is 27.4 Å². The third-order valence-corrected chi connectivity index (χ3v) is 3.48. The number of fused-ring (bicyclic) bond motifs is 1. The summed E-state index contributed by atoms with van der Waals surface area (Å²) in [6.45, 7) is 0. The number of hydrogen-bond acceptors (Lipinski definition) is 5. The number of benzene rings is 2. The first-order valence-electron chi connectivity index (χ1n) is 6.80. The molecule has 1 N–H and O–H groups in total. The fraction of sp³-hybridized carbons (Fsp3) is 0. The first-order valence-corrected chi connectivity index (χ1v) is 6.80. The predicted molar refractivity (Wildman–Crippen MR) is 82.7 cm³/mol. The Hall–Kier alpha value is -3.67. The lowest BCUT2D eigenvalue weighted by molar-refractivity contribution is -0.384. The van der Waals surface area contributed by atoms with Crippen LogP contribution in [0.25, 0.3) is 10.9 Å². The smallest absolute Gasteiger partial charge is 0.270 e. The van der Waals surface area contributed by atoms with Gasteiger partial charge in [-0.15, -0.1) is 0 Å². The number of pyridine rings is 1. The number of nitrogens with zero attached hydrogens (tertiary/aromatic N) is 3. The van der Waals surface area contributed by atoms with E-state index in [1.807, 2.05) is 6.07 Å². The van der Waals surface area contributed by atoms with Crippen molar-refractivity contribution < 1.29 is 18.1 Å². The monoisotopic (exact) mass is 344 g/mol. The van der Waals surface area contributed by atoms with Crippen molar-refractivity contribution >= 4 is 28.0 Å². The maximum Gasteiger partial charge on any atom is 0.270 e. The number of nitro groups is 1. The van der Waals surface area contributed by atoms with Crippen LogP contribution in [0.1, 0.15) is 5.56 Å². The first kappa shape index (κ1) is 16.2. The maximum absolute atomic E-state index is 13.9. The van der Waals surface area contributed by atoms with E-state index >= 15 is 0 Å². The van der Waals surface area contributed by atoms with Gasteiger partial charge >= 0.3 is 0 Å². The SMILES string of the molecule is N#Cc1cnc2ccc([N+](=O)[O-])cc2c1Nc1ccc(F)c(F)c1F. The van der Waals surface area contributed by atoms with E-state index in [-0.39, 0.29) is 22.3 Å². The standard InChI is InChI=1S/C16H7F3N4O2/c17-11-2-4-13(15(19)14(11)18)22-16-8(6-20)7-21-12-3-1-9(23(24)25)5-10(12)16/h1-5,7H,(H,21,22). The second-order valence-electron chi connectivity index (χ2n) is 4.97. The molecule has 0 spiro atoms. The molecule has 0 radical (unpaired) electrons. The molecule has 0 aliphatic carbocycles. The van der Waals surface area contributed by atoms with E-state index in [1.165, 1.54) is 18.3 Å². The van der Waals surface area contributed by atoms with Gasteiger partial charge in [-0.05, 0) is 18.2 Å². The number of non-ortho nitro benzene ring substituents is 1. The van der Waals surface area contributed by atoms with Crippen molar-refractivity contribution in [1.82, 2.24) is 4.98 Å². The van der Waals surface area contributed by atoms with Gasteiger partial charge in [0.25, 0.3) is 5.69 Å². The lowest BCUT2D eigenvalue weighted by atomic mass is 10.1. The van der Waals surface area contributed by atoms with Gasteiger partial charge in [-0.2, -0.15) is 5.26 Å². The van der Waals surface area contributed by atoms with E-state index in [9.17, 15) is 28.5 Å². The van der Waals surface area contributed by atoms with Gasteiger partial charge in [0.2, 0.25) is 0 Å². The number of aromatic nitrogens is 1. The molecule has 1 heterocycles. The Morgan fingerprint density at radius 3 is 2.60 bits per heavy atom. The number of nitrogens with one attached hydrogen (secondary N) is 1. The summed E-state index contributed by atoms with van der Waals surface area (Å²) in [4.78, 5) is 14.3. The lowest BCUT2D eigenvalue weighted by Gasteiger charge is -2.12. The van der Waals surface area contributed by atoms with Gasteiger partial charge < -0.3 is 5.32 Å². The minimum absolute atomic E-state index is 0.00103. The van der Waals surface area contributed by atoms with Crippen LogP contribution in [0.4, 0.5) is 30.2 Å². The molecule has 3 aromatic rings. The van der Waals surface area contributed by atoms with E-state index in [2.05, 4.69) is 10.3 Å². The number of nitro benzene ring substituents is 1. The highest BCUT2D eigenvalue weighted by molar-refractivity contribution is 5.97. The van der Waals surface area contributed by atoms with Crippen LogP contribution < -0.4 is 5.32 Å². The van der Waals surface area contributed by atoms with Crippen molar-refractivity contribution in [2.75, 3.05) is 5.32 Å². The van der Waals surface area contributed by atoms with Gasteiger partial charge in [-0.25, -0.2) is 13.2 Å². The molecule has 0 bridgehead atoms. The Morgan fingerprint density at radius 2 is 1.92 bits per heavy atom. The lowest BCUT2D eigenvalue weighted by Crippen LogP contribution is -2.02. The average Bonchev–Trinajstić information content (AvgIpc) is 2.61. The van der Waals surface area contributed by atoms with Crippen molar-refractivity contribution in [3.05, 3.63) is 69.7 Å². The van der Waals surface area contributed by atoms with E-state index < -0.39 is 28.1 Å². The molecule has 124 valence electrons. The first-order chi connectivity index (χ1) is 11.9. The maximum atomic E-state index is 13.9. The zero-order valence-electron chi connectivity index (χ0n) is 12.3. The molecule has 0 saturated carbocycles. The minimum Gasteiger partial charge on any atom is -0.351 e. The quantitative estimate of drug-likeness (QED) is 0.437. The molecule has 6 nitrogen and oxygen atoms in total. The molecule has 3 rings (SSSR count). The van der Waals surface area contributed by atoms with E-state index in [0.717, 1.165) is 18.2 Å². The molecular formula is C16H7F3N4O2. The topological polar surface area (TPSA) is 91.8 Å². The minimum atomic E-state index is -1.67. The molecule has 0 aliphatic heterocycles. The molecule has 0 atom stereocenters. The fourth-order valence-corrected chi connectivity index (χ4v) is 2.27. The van der Waals surface area contributed by atoms with E-state index in [4.69, 9.17) is 0 Å². The van der Waals surface area contributed by atoms with Crippen molar-refractivity contribution in [1.29, 1.82) is 5.26 Å². The fourth-order valence-electron chi connectivity index (χ4n) is 2.27. The van der Waals surface area contributed by atoms with Crippen molar-refractivity contribution in [2.24, 2.45) is 0 Å². The van der Waals surface area contributed by atoms with E-state index in [0.29, 0.717) is 5.52 Å². The number of hydrogen-bond donors (Lipinski definition) is 1. The second kappa shape index (κ2) is 6.09. The van der Waals surface area contributed by atoms with Gasteiger partial charge in [-0.1, -0.05) is 0 Å². The molecule has 0 aliphatic rings. The highest BCUT2D eigenvalue weighted by atomic mass is 19.2. The summed E-state index contributed by atoms with van der Waals surface area (Å²) in [5.41, 5.74) is -0.430. The average molecular weight is 344 g/mol. The second-order valence-corrected chi connectivity index (χ2v) is 4.97. The Morgan fingerprint density at radius 1 is 1.16 bits per heavy atom. The van der Waals surface area contributed by atoms with E-state index in [1.54, 1.807) is 0 Å². The van der Waals surface area contributed by atoms with Crippen LogP contribution in [0, 0.1) is 38.9 Å². The normalized spacial score (nSPS) is 10.5. The van der Waals surface area contributed by atoms with Crippen LogP contribution in [0.2, 0.25) is 0 Å². The van der Waals surface area contributed by atoms with Crippen molar-refractivity contribution in [3.8, 4) is 6.07 Å². The molecule has 0 amide bonds. The zero-order chi connectivity index (χ0) is 18.1. The Bertz CT molecular complexity index is 1060. The highest BCUT2D eigenvalue weighted by Crippen LogP contribution is 2.32. The molecule has 0 saturated heterocycles. The van der Waals surface area contributed by atoms with Crippen molar-refractivity contribution in [2.45, 2.75) is 0 Å². The van der Waals surface area contributed by atoms with Gasteiger partial charge in [-0.3, -0.25) is 15.1 Å².